The molecule has 0 aliphatic heterocycles. The minimum Gasteiger partial charge on any atom is -0.495 e. The van der Waals surface area contributed by atoms with Crippen molar-refractivity contribution in [3.63, 3.8) is 0 Å². The van der Waals surface area contributed by atoms with Gasteiger partial charge in [0.2, 0.25) is 0 Å². The number of ether oxygens (including phenoxy) is 1. The first-order valence-electron chi connectivity index (χ1n) is 5.22. The van der Waals surface area contributed by atoms with Gasteiger partial charge in [0.25, 0.3) is 0 Å². The van der Waals surface area contributed by atoms with Crippen LogP contribution in [0.2, 0.25) is 4.34 Å². The summed E-state index contributed by atoms with van der Waals surface area (Å²) in [5.74, 6) is 0.788. The van der Waals surface area contributed by atoms with E-state index in [0.717, 1.165) is 34.1 Å². The lowest BCUT2D eigenvalue weighted by Gasteiger charge is -2.11. The molecule has 0 aliphatic carbocycles. The van der Waals surface area contributed by atoms with E-state index in [0.29, 0.717) is 6.54 Å². The van der Waals surface area contributed by atoms with E-state index in [1.54, 1.807) is 18.4 Å². The molecule has 2 rings (SSSR count). The second kappa shape index (κ2) is 6.80. The lowest BCUT2D eigenvalue weighted by Crippen LogP contribution is -1.99. The van der Waals surface area contributed by atoms with Gasteiger partial charge < -0.3 is 10.1 Å². The van der Waals surface area contributed by atoms with Crippen LogP contribution in [-0.4, -0.2) is 7.11 Å². The molecule has 19 heavy (non-hydrogen) atoms. The number of rotatable bonds is 4. The minimum absolute atomic E-state index is 0.708. The van der Waals surface area contributed by atoms with Crippen LogP contribution in [0.25, 0.3) is 0 Å². The highest BCUT2D eigenvalue weighted by Gasteiger charge is 2.08. The Labute approximate surface area is 145 Å². The molecule has 7 heteroatoms. The first-order chi connectivity index (χ1) is 9.01. The van der Waals surface area contributed by atoms with Gasteiger partial charge in [-0.3, -0.25) is 0 Å². The van der Waals surface area contributed by atoms with Crippen molar-refractivity contribution in [2.24, 2.45) is 0 Å². The Hall–Kier alpha value is 0.250. The van der Waals surface area contributed by atoms with Crippen LogP contribution in [-0.2, 0) is 6.54 Å². The van der Waals surface area contributed by atoms with Gasteiger partial charge >= 0.3 is 0 Å². The normalized spacial score (nSPS) is 10.6. The monoisotopic (exact) mass is 487 g/mol. The number of benzene rings is 1. The molecule has 0 saturated heterocycles. The van der Waals surface area contributed by atoms with E-state index in [2.05, 4.69) is 53.1 Å². The molecule has 0 spiro atoms. The Balaban J connectivity index is 2.15. The van der Waals surface area contributed by atoms with Crippen molar-refractivity contribution in [3.8, 4) is 5.75 Å². The molecule has 0 bridgehead atoms. The molecular weight excluding hydrogens is 481 g/mol. The van der Waals surface area contributed by atoms with Gasteiger partial charge in [-0.15, -0.1) is 11.3 Å². The van der Waals surface area contributed by atoms with Gasteiger partial charge in [0, 0.05) is 26.4 Å². The topological polar surface area (TPSA) is 21.3 Å². The minimum atomic E-state index is 0.708. The fourth-order valence-corrected chi connectivity index (χ4v) is 4.51. The Morgan fingerprint density at radius 2 is 1.89 bits per heavy atom. The zero-order valence-corrected chi connectivity index (χ0v) is 16.1. The molecule has 0 radical (unpaired) electrons. The Morgan fingerprint density at radius 1 is 1.16 bits per heavy atom. The van der Waals surface area contributed by atoms with Crippen molar-refractivity contribution in [2.45, 2.75) is 6.54 Å². The average molecular weight is 490 g/mol. The predicted molar refractivity (Wildman–Crippen MR) is 92.7 cm³/mol. The second-order valence-corrected chi connectivity index (χ2v) is 7.96. The number of methoxy groups -OCH3 is 1. The van der Waals surface area contributed by atoms with E-state index < -0.39 is 0 Å². The van der Waals surface area contributed by atoms with E-state index in [1.165, 1.54) is 0 Å². The fraction of sp³-hybridized carbons (Fsp3) is 0.167. The zero-order valence-electron chi connectivity index (χ0n) is 9.77. The molecule has 0 aliphatic rings. The maximum atomic E-state index is 6.02. The van der Waals surface area contributed by atoms with E-state index in [1.807, 2.05) is 18.2 Å². The van der Waals surface area contributed by atoms with Crippen molar-refractivity contribution in [1.82, 2.24) is 0 Å². The van der Waals surface area contributed by atoms with Gasteiger partial charge in [-0.2, -0.15) is 0 Å². The number of anilines is 1. The molecule has 1 aromatic heterocycles. The van der Waals surface area contributed by atoms with Gasteiger partial charge in [0.15, 0.2) is 0 Å². The van der Waals surface area contributed by atoms with Crippen molar-refractivity contribution in [1.29, 1.82) is 0 Å². The molecule has 1 N–H and O–H groups in total. The molecule has 0 atom stereocenters. The van der Waals surface area contributed by atoms with Crippen LogP contribution >= 0.6 is 70.7 Å². The summed E-state index contributed by atoms with van der Waals surface area (Å²) in [6.07, 6.45) is 0. The lowest BCUT2D eigenvalue weighted by atomic mass is 10.3. The molecule has 0 saturated carbocycles. The van der Waals surface area contributed by atoms with Gasteiger partial charge in [-0.1, -0.05) is 11.6 Å². The van der Waals surface area contributed by atoms with Crippen LogP contribution < -0.4 is 10.1 Å². The first-order valence-corrected chi connectivity index (χ1v) is 8.79. The Morgan fingerprint density at radius 3 is 2.47 bits per heavy atom. The van der Waals surface area contributed by atoms with Crippen LogP contribution in [0.4, 0.5) is 5.69 Å². The summed E-state index contributed by atoms with van der Waals surface area (Å²) in [6.45, 7) is 0.708. The zero-order chi connectivity index (χ0) is 14.0. The van der Waals surface area contributed by atoms with Gasteiger partial charge in [-0.05, 0) is 59.9 Å². The molecule has 0 unspecified atom stereocenters. The number of halogens is 4. The van der Waals surface area contributed by atoms with E-state index in [-0.39, 0.29) is 0 Å². The quantitative estimate of drug-likeness (QED) is 0.543. The highest BCUT2D eigenvalue weighted by molar-refractivity contribution is 9.11. The summed E-state index contributed by atoms with van der Waals surface area (Å²) in [4.78, 5) is 1.16. The van der Waals surface area contributed by atoms with Crippen LogP contribution in [0.5, 0.6) is 5.75 Å². The smallest absolute Gasteiger partial charge is 0.135 e. The standard InChI is InChI=1S/C12H9Br3ClNOS/c1-18-11-4-10(7(13)3-8(11)14)17-5-6-2-9(15)12(16)19-6/h2-4,17H,5H2,1H3. The maximum Gasteiger partial charge on any atom is 0.135 e. The maximum absolute atomic E-state index is 6.02. The molecule has 1 aromatic carbocycles. The molecule has 102 valence electrons. The molecule has 0 amide bonds. The van der Waals surface area contributed by atoms with Gasteiger partial charge in [0.05, 0.1) is 17.3 Å². The third-order valence-corrected chi connectivity index (χ3v) is 6.14. The molecule has 2 aromatic rings. The molecule has 2 nitrogen and oxygen atoms in total. The SMILES string of the molecule is COc1cc(NCc2cc(Br)c(Cl)s2)c(Br)cc1Br. The summed E-state index contributed by atoms with van der Waals surface area (Å²) in [7, 11) is 1.65. The number of hydrogen-bond acceptors (Lipinski definition) is 3. The number of hydrogen-bond donors (Lipinski definition) is 1. The van der Waals surface area contributed by atoms with Crippen molar-refractivity contribution in [3.05, 3.63) is 40.8 Å². The van der Waals surface area contributed by atoms with Gasteiger partial charge in [0.1, 0.15) is 10.1 Å². The first kappa shape index (κ1) is 15.6. The van der Waals surface area contributed by atoms with E-state index >= 15 is 0 Å². The highest BCUT2D eigenvalue weighted by Crippen LogP contribution is 2.36. The van der Waals surface area contributed by atoms with Crippen molar-refractivity contribution in [2.75, 3.05) is 12.4 Å². The van der Waals surface area contributed by atoms with Crippen LogP contribution in [0, 0.1) is 0 Å². The summed E-state index contributed by atoms with van der Waals surface area (Å²) in [5.41, 5.74) is 0.973. The molecular formula is C12H9Br3ClNOS. The number of thiophene rings is 1. The van der Waals surface area contributed by atoms with Crippen molar-refractivity contribution >= 4 is 76.4 Å². The average Bonchev–Trinajstić information content (AvgIpc) is 2.68. The summed E-state index contributed by atoms with van der Waals surface area (Å²) in [5, 5.41) is 3.35. The third-order valence-electron chi connectivity index (χ3n) is 2.39. The third kappa shape index (κ3) is 3.88. The van der Waals surface area contributed by atoms with Crippen molar-refractivity contribution < 1.29 is 4.74 Å². The van der Waals surface area contributed by atoms with E-state index in [9.17, 15) is 0 Å². The lowest BCUT2D eigenvalue weighted by molar-refractivity contribution is 0.412. The number of nitrogens with one attached hydrogen (secondary N) is 1. The van der Waals surface area contributed by atoms with Crippen LogP contribution in [0.3, 0.4) is 0 Å². The fourth-order valence-electron chi connectivity index (χ4n) is 1.48. The Kier molecular flexibility index (Phi) is 5.60. The largest absolute Gasteiger partial charge is 0.495 e. The second-order valence-electron chi connectivity index (χ2n) is 3.65. The summed E-state index contributed by atoms with van der Waals surface area (Å²) >= 11 is 17.9. The molecule has 1 heterocycles. The highest BCUT2D eigenvalue weighted by atomic mass is 79.9. The summed E-state index contributed by atoms with van der Waals surface area (Å²) in [6, 6.07) is 5.92. The van der Waals surface area contributed by atoms with Gasteiger partial charge in [-0.25, -0.2) is 0 Å². The Bertz CT molecular complexity index is 583. The predicted octanol–water partition coefficient (Wildman–Crippen LogP) is 6.31. The van der Waals surface area contributed by atoms with E-state index in [4.69, 9.17) is 16.3 Å². The summed E-state index contributed by atoms with van der Waals surface area (Å²) < 4.78 is 8.87. The molecule has 0 fully saturated rings. The van der Waals surface area contributed by atoms with Crippen LogP contribution in [0.15, 0.2) is 31.6 Å². The van der Waals surface area contributed by atoms with Crippen LogP contribution in [0.1, 0.15) is 4.88 Å².